The van der Waals surface area contributed by atoms with Crippen LogP contribution in [0.3, 0.4) is 0 Å². The zero-order valence-electron chi connectivity index (χ0n) is 9.18. The Bertz CT molecular complexity index is 138. The van der Waals surface area contributed by atoms with Crippen molar-refractivity contribution < 1.29 is 5.11 Å². The topological polar surface area (TPSA) is 20.2 Å². The van der Waals surface area contributed by atoms with Gasteiger partial charge < -0.3 is 5.11 Å². The zero-order chi connectivity index (χ0) is 9.73. The number of aliphatic hydroxyl groups is 1. The molecule has 1 rings (SSSR count). The van der Waals surface area contributed by atoms with Crippen LogP contribution in [0, 0.1) is 5.92 Å². The molecule has 13 heavy (non-hydrogen) atoms. The van der Waals surface area contributed by atoms with Crippen molar-refractivity contribution in [2.75, 3.05) is 0 Å². The van der Waals surface area contributed by atoms with Crippen LogP contribution in [0.1, 0.15) is 65.2 Å². The highest BCUT2D eigenvalue weighted by atomic mass is 16.3. The first-order chi connectivity index (χ1) is 6.20. The van der Waals surface area contributed by atoms with E-state index in [9.17, 15) is 5.11 Å². The lowest BCUT2D eigenvalue weighted by Gasteiger charge is -2.39. The minimum absolute atomic E-state index is 0.256. The Hall–Kier alpha value is -0.0400. The van der Waals surface area contributed by atoms with Crippen LogP contribution in [0.15, 0.2) is 0 Å². The third-order valence-electron chi connectivity index (χ3n) is 3.50. The third kappa shape index (κ3) is 3.30. The van der Waals surface area contributed by atoms with Crippen LogP contribution in [0.5, 0.6) is 0 Å². The van der Waals surface area contributed by atoms with E-state index >= 15 is 0 Å². The van der Waals surface area contributed by atoms with E-state index in [1.165, 1.54) is 32.1 Å². The van der Waals surface area contributed by atoms with Crippen LogP contribution < -0.4 is 0 Å². The maximum absolute atomic E-state index is 10.0. The van der Waals surface area contributed by atoms with Gasteiger partial charge in [-0.05, 0) is 31.6 Å². The van der Waals surface area contributed by atoms with Crippen LogP contribution in [0.25, 0.3) is 0 Å². The van der Waals surface area contributed by atoms with E-state index in [2.05, 4.69) is 13.8 Å². The van der Waals surface area contributed by atoms with Crippen molar-refractivity contribution in [3.8, 4) is 0 Å². The van der Waals surface area contributed by atoms with Gasteiger partial charge in [0.25, 0.3) is 0 Å². The quantitative estimate of drug-likeness (QED) is 0.669. The second kappa shape index (κ2) is 4.99. The minimum Gasteiger partial charge on any atom is -0.390 e. The highest BCUT2D eigenvalue weighted by Crippen LogP contribution is 2.38. The monoisotopic (exact) mass is 184 g/mol. The smallest absolute Gasteiger partial charge is 0.0650 e. The fourth-order valence-corrected chi connectivity index (χ4v) is 2.27. The number of hydrogen-bond donors (Lipinski definition) is 1. The van der Waals surface area contributed by atoms with Crippen LogP contribution in [0.2, 0.25) is 0 Å². The minimum atomic E-state index is -0.256. The molecule has 78 valence electrons. The van der Waals surface area contributed by atoms with E-state index < -0.39 is 0 Å². The highest BCUT2D eigenvalue weighted by Gasteiger charge is 2.35. The maximum atomic E-state index is 10.0. The van der Waals surface area contributed by atoms with E-state index in [4.69, 9.17) is 0 Å². The second-order valence-electron chi connectivity index (χ2n) is 4.70. The van der Waals surface area contributed by atoms with Crippen molar-refractivity contribution in [2.24, 2.45) is 5.92 Å². The highest BCUT2D eigenvalue weighted by molar-refractivity contribution is 4.89. The molecule has 0 spiro atoms. The van der Waals surface area contributed by atoms with Crippen LogP contribution >= 0.6 is 0 Å². The molecule has 0 amide bonds. The van der Waals surface area contributed by atoms with Gasteiger partial charge >= 0.3 is 0 Å². The first-order valence-corrected chi connectivity index (χ1v) is 5.92. The van der Waals surface area contributed by atoms with Gasteiger partial charge in [0, 0.05) is 0 Å². The Labute approximate surface area is 82.5 Å². The first kappa shape index (κ1) is 11.0. The lowest BCUT2D eigenvalue weighted by atomic mass is 9.73. The maximum Gasteiger partial charge on any atom is 0.0650 e. The molecule has 0 aromatic rings. The lowest BCUT2D eigenvalue weighted by molar-refractivity contribution is -0.0539. The molecule has 1 saturated carbocycles. The first-order valence-electron chi connectivity index (χ1n) is 5.92. The number of unbranched alkanes of at least 4 members (excludes halogenated alkanes) is 1. The fourth-order valence-electron chi connectivity index (χ4n) is 2.27. The van der Waals surface area contributed by atoms with E-state index in [0.717, 1.165) is 25.2 Å². The van der Waals surface area contributed by atoms with Crippen molar-refractivity contribution >= 4 is 0 Å². The van der Waals surface area contributed by atoms with E-state index in [1.807, 2.05) is 0 Å². The third-order valence-corrected chi connectivity index (χ3v) is 3.50. The van der Waals surface area contributed by atoms with Crippen LogP contribution in [0.4, 0.5) is 0 Å². The fraction of sp³-hybridized carbons (Fsp3) is 1.00. The molecule has 1 unspecified atom stereocenters. The Morgan fingerprint density at radius 3 is 2.38 bits per heavy atom. The Balaban J connectivity index is 2.22. The van der Waals surface area contributed by atoms with Gasteiger partial charge in [-0.15, -0.1) is 0 Å². The molecular formula is C12H24O. The van der Waals surface area contributed by atoms with Crippen molar-refractivity contribution in [2.45, 2.75) is 70.8 Å². The zero-order valence-corrected chi connectivity index (χ0v) is 9.18. The molecule has 0 aliphatic heterocycles. The molecule has 1 aliphatic rings. The molecule has 0 bridgehead atoms. The van der Waals surface area contributed by atoms with Gasteiger partial charge in [-0.1, -0.05) is 39.5 Å². The standard InChI is InChI=1S/C12H24O/c1-3-5-7-11(4-2)10-12(13)8-6-9-12/h11,13H,3-10H2,1-2H3. The van der Waals surface area contributed by atoms with Crippen LogP contribution in [-0.4, -0.2) is 10.7 Å². The molecule has 0 aromatic heterocycles. The van der Waals surface area contributed by atoms with E-state index in [0.29, 0.717) is 0 Å². The molecule has 1 heteroatoms. The lowest BCUT2D eigenvalue weighted by Crippen LogP contribution is -2.38. The van der Waals surface area contributed by atoms with Gasteiger partial charge in [-0.25, -0.2) is 0 Å². The summed E-state index contributed by atoms with van der Waals surface area (Å²) >= 11 is 0. The number of hydrogen-bond acceptors (Lipinski definition) is 1. The Kier molecular flexibility index (Phi) is 4.24. The Morgan fingerprint density at radius 1 is 1.31 bits per heavy atom. The van der Waals surface area contributed by atoms with Gasteiger partial charge in [0.15, 0.2) is 0 Å². The molecule has 0 aromatic carbocycles. The summed E-state index contributed by atoms with van der Waals surface area (Å²) in [6.07, 6.45) is 9.57. The molecule has 1 atom stereocenters. The van der Waals surface area contributed by atoms with Crippen molar-refractivity contribution in [1.82, 2.24) is 0 Å². The second-order valence-corrected chi connectivity index (χ2v) is 4.70. The molecule has 0 saturated heterocycles. The largest absolute Gasteiger partial charge is 0.390 e. The predicted octanol–water partition coefficient (Wildman–Crippen LogP) is 3.51. The SMILES string of the molecule is CCCCC(CC)CC1(O)CCC1. The summed E-state index contributed by atoms with van der Waals surface area (Å²) in [4.78, 5) is 0. The molecule has 1 N–H and O–H groups in total. The molecule has 0 radical (unpaired) electrons. The van der Waals surface area contributed by atoms with Crippen LogP contribution in [-0.2, 0) is 0 Å². The van der Waals surface area contributed by atoms with Gasteiger partial charge in [0.05, 0.1) is 5.60 Å². The summed E-state index contributed by atoms with van der Waals surface area (Å²) in [5.74, 6) is 0.769. The average molecular weight is 184 g/mol. The Morgan fingerprint density at radius 2 is 2.00 bits per heavy atom. The summed E-state index contributed by atoms with van der Waals surface area (Å²) in [6.45, 7) is 4.49. The van der Waals surface area contributed by atoms with Crippen molar-refractivity contribution in [1.29, 1.82) is 0 Å². The van der Waals surface area contributed by atoms with Gasteiger partial charge in [0.2, 0.25) is 0 Å². The summed E-state index contributed by atoms with van der Waals surface area (Å²) in [5.41, 5.74) is -0.256. The summed E-state index contributed by atoms with van der Waals surface area (Å²) < 4.78 is 0. The summed E-state index contributed by atoms with van der Waals surface area (Å²) in [5, 5.41) is 10.0. The molecule has 1 nitrogen and oxygen atoms in total. The van der Waals surface area contributed by atoms with E-state index in [1.54, 1.807) is 0 Å². The molecular weight excluding hydrogens is 160 g/mol. The van der Waals surface area contributed by atoms with Gasteiger partial charge in [0.1, 0.15) is 0 Å². The van der Waals surface area contributed by atoms with Crippen molar-refractivity contribution in [3.63, 3.8) is 0 Å². The summed E-state index contributed by atoms with van der Waals surface area (Å²) in [7, 11) is 0. The van der Waals surface area contributed by atoms with Gasteiger partial charge in [-0.2, -0.15) is 0 Å². The van der Waals surface area contributed by atoms with Gasteiger partial charge in [-0.3, -0.25) is 0 Å². The molecule has 1 fully saturated rings. The normalized spacial score (nSPS) is 22.4. The van der Waals surface area contributed by atoms with E-state index in [-0.39, 0.29) is 5.60 Å². The predicted molar refractivity (Wildman–Crippen MR) is 56.7 cm³/mol. The summed E-state index contributed by atoms with van der Waals surface area (Å²) in [6, 6.07) is 0. The van der Waals surface area contributed by atoms with Crippen molar-refractivity contribution in [3.05, 3.63) is 0 Å². The molecule has 1 aliphatic carbocycles. The average Bonchev–Trinajstić information content (AvgIpc) is 2.09. The molecule has 0 heterocycles. The number of rotatable bonds is 6.